The molecule has 0 aliphatic rings. The first-order chi connectivity index (χ1) is 5.89. The Balaban J connectivity index is 4.24. The standard InChI is InChI=1S/C11H18O2/c1-6-7-8-11(4,5)13-10(12)9(2)3/h7-8H,2,6H2,1,3-5H3. The number of carbonyl (C=O) groups is 1. The highest BCUT2D eigenvalue weighted by Gasteiger charge is 2.19. The topological polar surface area (TPSA) is 26.3 Å². The van der Waals surface area contributed by atoms with Crippen LogP contribution in [0.4, 0.5) is 0 Å². The first-order valence-electron chi connectivity index (χ1n) is 4.45. The molecule has 13 heavy (non-hydrogen) atoms. The second-order valence-corrected chi connectivity index (χ2v) is 3.58. The van der Waals surface area contributed by atoms with Gasteiger partial charge in [0.05, 0.1) is 0 Å². The van der Waals surface area contributed by atoms with Gasteiger partial charge in [-0.3, -0.25) is 0 Å². The van der Waals surface area contributed by atoms with Crippen LogP contribution >= 0.6 is 0 Å². The molecule has 0 aromatic heterocycles. The highest BCUT2D eigenvalue weighted by molar-refractivity contribution is 5.87. The van der Waals surface area contributed by atoms with Crippen molar-refractivity contribution in [3.63, 3.8) is 0 Å². The molecule has 0 amide bonds. The number of hydrogen-bond acceptors (Lipinski definition) is 2. The van der Waals surface area contributed by atoms with Crippen molar-refractivity contribution in [3.05, 3.63) is 24.3 Å². The molecule has 0 fully saturated rings. The molecule has 0 saturated heterocycles. The number of ether oxygens (including phenoxy) is 1. The van der Waals surface area contributed by atoms with Crippen molar-refractivity contribution < 1.29 is 9.53 Å². The van der Waals surface area contributed by atoms with E-state index in [4.69, 9.17) is 4.74 Å². The van der Waals surface area contributed by atoms with E-state index in [0.29, 0.717) is 5.57 Å². The molecule has 74 valence electrons. The van der Waals surface area contributed by atoms with Crippen LogP contribution in [-0.4, -0.2) is 11.6 Å². The lowest BCUT2D eigenvalue weighted by Gasteiger charge is -2.21. The highest BCUT2D eigenvalue weighted by Crippen LogP contribution is 2.13. The van der Waals surface area contributed by atoms with Gasteiger partial charge >= 0.3 is 5.97 Å². The van der Waals surface area contributed by atoms with Crippen LogP contribution in [-0.2, 0) is 9.53 Å². The average Bonchev–Trinajstić information content (AvgIpc) is 2.00. The zero-order chi connectivity index (χ0) is 10.5. The first kappa shape index (κ1) is 11.9. The maximum atomic E-state index is 11.2. The monoisotopic (exact) mass is 182 g/mol. The average molecular weight is 182 g/mol. The van der Waals surface area contributed by atoms with E-state index in [2.05, 4.69) is 6.58 Å². The largest absolute Gasteiger partial charge is 0.452 e. The van der Waals surface area contributed by atoms with Gasteiger partial charge in [-0.25, -0.2) is 4.79 Å². The van der Waals surface area contributed by atoms with Gasteiger partial charge in [0.15, 0.2) is 0 Å². The fourth-order valence-corrected chi connectivity index (χ4v) is 0.762. The molecule has 0 bridgehead atoms. The Morgan fingerprint density at radius 3 is 2.46 bits per heavy atom. The van der Waals surface area contributed by atoms with E-state index in [1.807, 2.05) is 32.9 Å². The molecule has 2 heteroatoms. The highest BCUT2D eigenvalue weighted by atomic mass is 16.6. The minimum Gasteiger partial charge on any atom is -0.452 e. The Kier molecular flexibility index (Phi) is 4.46. The van der Waals surface area contributed by atoms with Crippen molar-refractivity contribution in [2.75, 3.05) is 0 Å². The van der Waals surface area contributed by atoms with Crippen LogP contribution in [0.3, 0.4) is 0 Å². The van der Waals surface area contributed by atoms with E-state index in [1.165, 1.54) is 0 Å². The van der Waals surface area contributed by atoms with Crippen LogP contribution in [0.5, 0.6) is 0 Å². The van der Waals surface area contributed by atoms with E-state index in [-0.39, 0.29) is 5.97 Å². The molecule has 0 N–H and O–H groups in total. The Morgan fingerprint density at radius 1 is 1.54 bits per heavy atom. The lowest BCUT2D eigenvalue weighted by Crippen LogP contribution is -2.25. The summed E-state index contributed by atoms with van der Waals surface area (Å²) in [7, 11) is 0. The molecule has 0 unspecified atom stereocenters. The molecule has 0 rings (SSSR count). The summed E-state index contributed by atoms with van der Waals surface area (Å²) in [6, 6.07) is 0. The molecule has 0 aliphatic heterocycles. The zero-order valence-corrected chi connectivity index (χ0v) is 8.89. The molecule has 0 radical (unpaired) electrons. The summed E-state index contributed by atoms with van der Waals surface area (Å²) >= 11 is 0. The van der Waals surface area contributed by atoms with E-state index < -0.39 is 5.60 Å². The summed E-state index contributed by atoms with van der Waals surface area (Å²) < 4.78 is 5.18. The van der Waals surface area contributed by atoms with Gasteiger partial charge in [0, 0.05) is 5.57 Å². The Morgan fingerprint density at radius 2 is 2.08 bits per heavy atom. The van der Waals surface area contributed by atoms with E-state index in [0.717, 1.165) is 6.42 Å². The van der Waals surface area contributed by atoms with Crippen molar-refractivity contribution in [2.24, 2.45) is 0 Å². The van der Waals surface area contributed by atoms with Gasteiger partial charge in [0.25, 0.3) is 0 Å². The SMILES string of the molecule is C=C(C)C(=O)OC(C)(C)C=CCC. The van der Waals surface area contributed by atoms with Crippen molar-refractivity contribution in [2.45, 2.75) is 39.7 Å². The van der Waals surface area contributed by atoms with Crippen LogP contribution in [0, 0.1) is 0 Å². The van der Waals surface area contributed by atoms with Crippen LogP contribution < -0.4 is 0 Å². The van der Waals surface area contributed by atoms with Crippen LogP contribution in [0.25, 0.3) is 0 Å². The third kappa shape index (κ3) is 5.23. The van der Waals surface area contributed by atoms with Gasteiger partial charge in [0.2, 0.25) is 0 Å². The molecule has 0 spiro atoms. The number of esters is 1. The molecule has 0 aromatic rings. The summed E-state index contributed by atoms with van der Waals surface area (Å²) in [5, 5.41) is 0. The molecular weight excluding hydrogens is 164 g/mol. The minimum atomic E-state index is -0.536. The fraction of sp³-hybridized carbons (Fsp3) is 0.545. The fourth-order valence-electron chi connectivity index (χ4n) is 0.762. The van der Waals surface area contributed by atoms with Crippen LogP contribution in [0.15, 0.2) is 24.3 Å². The summed E-state index contributed by atoms with van der Waals surface area (Å²) in [5.74, 6) is -0.342. The Labute approximate surface area is 80.3 Å². The van der Waals surface area contributed by atoms with Gasteiger partial charge in [-0.1, -0.05) is 19.6 Å². The van der Waals surface area contributed by atoms with Gasteiger partial charge in [-0.2, -0.15) is 0 Å². The van der Waals surface area contributed by atoms with E-state index in [9.17, 15) is 4.79 Å². The number of hydrogen-bond donors (Lipinski definition) is 0. The van der Waals surface area contributed by atoms with Crippen LogP contribution in [0.1, 0.15) is 34.1 Å². The molecule has 0 aromatic carbocycles. The molecule has 0 atom stereocenters. The smallest absolute Gasteiger partial charge is 0.333 e. The summed E-state index contributed by atoms with van der Waals surface area (Å²) in [5.41, 5.74) is -0.107. The molecular formula is C11H18O2. The zero-order valence-electron chi connectivity index (χ0n) is 8.89. The Bertz CT molecular complexity index is 224. The molecule has 0 heterocycles. The maximum Gasteiger partial charge on any atom is 0.333 e. The van der Waals surface area contributed by atoms with E-state index in [1.54, 1.807) is 6.92 Å². The number of rotatable bonds is 4. The molecule has 0 saturated carbocycles. The second kappa shape index (κ2) is 4.85. The Hall–Kier alpha value is -1.05. The molecule has 0 aliphatic carbocycles. The summed E-state index contributed by atoms with van der Waals surface area (Å²) in [6.07, 6.45) is 4.80. The van der Waals surface area contributed by atoms with Gasteiger partial charge < -0.3 is 4.74 Å². The van der Waals surface area contributed by atoms with Crippen molar-refractivity contribution in [1.82, 2.24) is 0 Å². The summed E-state index contributed by atoms with van der Waals surface area (Å²) in [6.45, 7) is 10.9. The number of allylic oxidation sites excluding steroid dienone is 1. The predicted molar refractivity (Wildman–Crippen MR) is 54.4 cm³/mol. The predicted octanol–water partition coefficient (Wildman–Crippen LogP) is 2.85. The third-order valence-corrected chi connectivity index (χ3v) is 1.46. The second-order valence-electron chi connectivity index (χ2n) is 3.58. The summed E-state index contributed by atoms with van der Waals surface area (Å²) in [4.78, 5) is 11.2. The third-order valence-electron chi connectivity index (χ3n) is 1.46. The number of carbonyl (C=O) groups excluding carboxylic acids is 1. The van der Waals surface area contributed by atoms with E-state index >= 15 is 0 Å². The van der Waals surface area contributed by atoms with Crippen molar-refractivity contribution >= 4 is 5.97 Å². The van der Waals surface area contributed by atoms with Gasteiger partial charge in [-0.15, -0.1) is 0 Å². The minimum absolute atomic E-state index is 0.342. The van der Waals surface area contributed by atoms with Gasteiger partial charge in [-0.05, 0) is 33.3 Å². The molecule has 2 nitrogen and oxygen atoms in total. The lowest BCUT2D eigenvalue weighted by molar-refractivity contribution is -0.147. The maximum absolute atomic E-state index is 11.2. The van der Waals surface area contributed by atoms with Crippen molar-refractivity contribution in [3.8, 4) is 0 Å². The quantitative estimate of drug-likeness (QED) is 0.379. The normalized spacial score (nSPS) is 11.7. The first-order valence-corrected chi connectivity index (χ1v) is 4.45. The van der Waals surface area contributed by atoms with Crippen molar-refractivity contribution in [1.29, 1.82) is 0 Å². The van der Waals surface area contributed by atoms with Crippen LogP contribution in [0.2, 0.25) is 0 Å². The lowest BCUT2D eigenvalue weighted by atomic mass is 10.1. The van der Waals surface area contributed by atoms with Gasteiger partial charge in [0.1, 0.15) is 5.60 Å².